The van der Waals surface area contributed by atoms with Crippen molar-refractivity contribution >= 4 is 16.0 Å². The van der Waals surface area contributed by atoms with Gasteiger partial charge in [0.15, 0.2) is 0 Å². The van der Waals surface area contributed by atoms with Gasteiger partial charge in [-0.15, -0.1) is 0 Å². The minimum atomic E-state index is -3.42. The predicted octanol–water partition coefficient (Wildman–Crippen LogP) is 0.194. The zero-order valence-corrected chi connectivity index (χ0v) is 11.8. The van der Waals surface area contributed by atoms with Crippen LogP contribution in [0, 0.1) is 0 Å². The van der Waals surface area contributed by atoms with Gasteiger partial charge in [0.1, 0.15) is 0 Å². The summed E-state index contributed by atoms with van der Waals surface area (Å²) < 4.78 is 29.8. The van der Waals surface area contributed by atoms with Gasteiger partial charge in [-0.2, -0.15) is 0 Å². The topological polar surface area (TPSA) is 89.7 Å². The molecule has 0 saturated heterocycles. The first-order valence-corrected chi connectivity index (χ1v) is 7.33. The molecule has 1 aromatic carbocycles. The Labute approximate surface area is 113 Å². The molecule has 0 bridgehead atoms. The number of carbonyl (C=O) groups is 1. The highest BCUT2D eigenvalue weighted by molar-refractivity contribution is 7.88. The van der Waals surface area contributed by atoms with Crippen LogP contribution in [-0.2, 0) is 20.5 Å². The molecular formula is C12H18N2O4S. The summed E-state index contributed by atoms with van der Waals surface area (Å²) in [7, 11) is -0.666. The fourth-order valence-corrected chi connectivity index (χ4v) is 2.75. The first kappa shape index (κ1) is 15.6. The number of nitrogens with two attached hydrogens (primary N) is 1. The molecule has 0 heterocycles. The van der Waals surface area contributed by atoms with E-state index in [1.54, 1.807) is 18.2 Å². The normalized spacial score (nSPS) is 11.6. The van der Waals surface area contributed by atoms with Gasteiger partial charge in [-0.25, -0.2) is 17.5 Å². The van der Waals surface area contributed by atoms with Gasteiger partial charge in [0.2, 0.25) is 10.0 Å². The number of ether oxygens (including phenoxy) is 1. The molecule has 0 radical (unpaired) electrons. The Balaban J connectivity index is 2.91. The van der Waals surface area contributed by atoms with E-state index in [-0.39, 0.29) is 18.8 Å². The maximum atomic E-state index is 12.0. The minimum absolute atomic E-state index is 0.172. The standard InChI is InChI=1S/C12H18N2O4S/c1-14(7-6-13)19(16,17)9-10-4-3-5-11(8-10)12(15)18-2/h3-5,8H,6-7,9,13H2,1-2H3. The number of nitrogens with zero attached hydrogens (tertiary/aromatic N) is 1. The number of methoxy groups -OCH3 is 1. The van der Waals surface area contributed by atoms with Crippen molar-refractivity contribution in [3.05, 3.63) is 35.4 Å². The van der Waals surface area contributed by atoms with E-state index in [1.165, 1.54) is 24.5 Å². The van der Waals surface area contributed by atoms with Crippen LogP contribution in [0.4, 0.5) is 0 Å². The monoisotopic (exact) mass is 286 g/mol. The molecule has 0 amide bonds. The quantitative estimate of drug-likeness (QED) is 0.754. The Morgan fingerprint density at radius 2 is 2.11 bits per heavy atom. The highest BCUT2D eigenvalue weighted by atomic mass is 32.2. The second-order valence-corrected chi connectivity index (χ2v) is 6.13. The molecule has 0 aliphatic rings. The fourth-order valence-electron chi connectivity index (χ4n) is 1.55. The Kier molecular flexibility index (Phi) is 5.46. The number of carbonyl (C=O) groups excluding carboxylic acids is 1. The summed E-state index contributed by atoms with van der Waals surface area (Å²) in [5.74, 6) is -0.663. The lowest BCUT2D eigenvalue weighted by atomic mass is 10.1. The van der Waals surface area contributed by atoms with E-state index >= 15 is 0 Å². The number of benzene rings is 1. The van der Waals surface area contributed by atoms with Crippen molar-refractivity contribution in [3.63, 3.8) is 0 Å². The number of rotatable bonds is 6. The largest absolute Gasteiger partial charge is 0.465 e. The van der Waals surface area contributed by atoms with Crippen molar-refractivity contribution in [2.45, 2.75) is 5.75 Å². The zero-order valence-electron chi connectivity index (χ0n) is 11.0. The first-order chi connectivity index (χ1) is 8.90. The molecule has 6 nitrogen and oxygen atoms in total. The van der Waals surface area contributed by atoms with Gasteiger partial charge >= 0.3 is 5.97 Å². The van der Waals surface area contributed by atoms with E-state index < -0.39 is 16.0 Å². The second kappa shape index (κ2) is 6.65. The third-order valence-corrected chi connectivity index (χ3v) is 4.45. The van der Waals surface area contributed by atoms with Crippen LogP contribution in [0.25, 0.3) is 0 Å². The summed E-state index contributed by atoms with van der Waals surface area (Å²) in [6, 6.07) is 6.37. The SMILES string of the molecule is COC(=O)c1cccc(CS(=O)(=O)N(C)CCN)c1. The highest BCUT2D eigenvalue weighted by Crippen LogP contribution is 2.12. The van der Waals surface area contributed by atoms with Gasteiger partial charge in [-0.3, -0.25) is 0 Å². The predicted molar refractivity (Wildman–Crippen MR) is 72.1 cm³/mol. The molecule has 0 unspecified atom stereocenters. The van der Waals surface area contributed by atoms with Crippen molar-refractivity contribution in [3.8, 4) is 0 Å². The van der Waals surface area contributed by atoms with Crippen molar-refractivity contribution in [1.82, 2.24) is 4.31 Å². The van der Waals surface area contributed by atoms with Crippen LogP contribution in [0.1, 0.15) is 15.9 Å². The molecule has 19 heavy (non-hydrogen) atoms. The van der Waals surface area contributed by atoms with Crippen LogP contribution >= 0.6 is 0 Å². The molecule has 106 valence electrons. The van der Waals surface area contributed by atoms with Crippen molar-refractivity contribution < 1.29 is 17.9 Å². The Hall–Kier alpha value is -1.44. The molecule has 1 rings (SSSR count). The summed E-state index contributed by atoms with van der Waals surface area (Å²) in [5.41, 5.74) is 6.20. The Morgan fingerprint density at radius 3 is 2.68 bits per heavy atom. The smallest absolute Gasteiger partial charge is 0.337 e. The van der Waals surface area contributed by atoms with Crippen LogP contribution in [0.15, 0.2) is 24.3 Å². The maximum absolute atomic E-state index is 12.0. The zero-order chi connectivity index (χ0) is 14.5. The molecule has 0 aromatic heterocycles. The number of hydrogen-bond donors (Lipinski definition) is 1. The second-order valence-electron chi connectivity index (χ2n) is 4.06. The van der Waals surface area contributed by atoms with Crippen molar-refractivity contribution in [2.24, 2.45) is 5.73 Å². The Bertz CT molecular complexity index is 542. The van der Waals surface area contributed by atoms with E-state index in [0.717, 1.165) is 0 Å². The third-order valence-electron chi connectivity index (χ3n) is 2.62. The minimum Gasteiger partial charge on any atom is -0.465 e. The summed E-state index contributed by atoms with van der Waals surface area (Å²) in [6.07, 6.45) is 0. The van der Waals surface area contributed by atoms with Gasteiger partial charge < -0.3 is 10.5 Å². The van der Waals surface area contributed by atoms with E-state index in [1.807, 2.05) is 0 Å². The summed E-state index contributed by atoms with van der Waals surface area (Å²) in [4.78, 5) is 11.4. The van der Waals surface area contributed by atoms with Crippen LogP contribution in [0.2, 0.25) is 0 Å². The summed E-state index contributed by atoms with van der Waals surface area (Å²) >= 11 is 0. The van der Waals surface area contributed by atoms with Crippen LogP contribution in [0.3, 0.4) is 0 Å². The van der Waals surface area contributed by atoms with E-state index in [2.05, 4.69) is 4.74 Å². The van der Waals surface area contributed by atoms with Crippen LogP contribution < -0.4 is 5.73 Å². The highest BCUT2D eigenvalue weighted by Gasteiger charge is 2.18. The maximum Gasteiger partial charge on any atom is 0.337 e. The molecule has 0 fully saturated rings. The van der Waals surface area contributed by atoms with Gasteiger partial charge in [-0.1, -0.05) is 12.1 Å². The summed E-state index contributed by atoms with van der Waals surface area (Å²) in [6.45, 7) is 0.525. The number of sulfonamides is 1. The molecule has 0 atom stereocenters. The Morgan fingerprint density at radius 1 is 1.42 bits per heavy atom. The molecular weight excluding hydrogens is 268 g/mol. The van der Waals surface area contributed by atoms with Crippen LogP contribution in [-0.4, -0.2) is 45.9 Å². The molecule has 0 spiro atoms. The van der Waals surface area contributed by atoms with Crippen molar-refractivity contribution in [1.29, 1.82) is 0 Å². The lowest BCUT2D eigenvalue weighted by Crippen LogP contribution is -2.32. The average Bonchev–Trinajstić information content (AvgIpc) is 2.38. The van der Waals surface area contributed by atoms with Gasteiger partial charge in [0.05, 0.1) is 18.4 Å². The van der Waals surface area contributed by atoms with Gasteiger partial charge in [-0.05, 0) is 17.7 Å². The van der Waals surface area contributed by atoms with Crippen molar-refractivity contribution in [2.75, 3.05) is 27.2 Å². The summed E-state index contributed by atoms with van der Waals surface area (Å²) in [5, 5.41) is 0. The lowest BCUT2D eigenvalue weighted by Gasteiger charge is -2.16. The number of esters is 1. The molecule has 1 aromatic rings. The fraction of sp³-hybridized carbons (Fsp3) is 0.417. The van der Waals surface area contributed by atoms with Crippen LogP contribution in [0.5, 0.6) is 0 Å². The number of hydrogen-bond acceptors (Lipinski definition) is 5. The molecule has 2 N–H and O–H groups in total. The molecule has 0 aliphatic heterocycles. The molecule has 0 saturated carbocycles. The van der Waals surface area contributed by atoms with E-state index in [9.17, 15) is 13.2 Å². The lowest BCUT2D eigenvalue weighted by molar-refractivity contribution is 0.0600. The molecule has 7 heteroatoms. The van der Waals surface area contributed by atoms with E-state index in [4.69, 9.17) is 5.73 Å². The van der Waals surface area contributed by atoms with Gasteiger partial charge in [0, 0.05) is 20.1 Å². The third kappa shape index (κ3) is 4.30. The first-order valence-electron chi connectivity index (χ1n) is 5.72. The van der Waals surface area contributed by atoms with Gasteiger partial charge in [0.25, 0.3) is 0 Å². The molecule has 0 aliphatic carbocycles. The number of likely N-dealkylation sites (N-methyl/N-ethyl adjacent to an activating group) is 1. The average molecular weight is 286 g/mol. The van der Waals surface area contributed by atoms with E-state index in [0.29, 0.717) is 11.1 Å².